The van der Waals surface area contributed by atoms with Crippen LogP contribution in [0.3, 0.4) is 0 Å². The average molecular weight is 554 g/mol. The van der Waals surface area contributed by atoms with E-state index in [1.165, 1.54) is 24.1 Å². The van der Waals surface area contributed by atoms with Gasteiger partial charge < -0.3 is 19.5 Å². The number of ether oxygens (including phenoxy) is 2. The molecule has 1 saturated heterocycles. The van der Waals surface area contributed by atoms with Gasteiger partial charge in [0.15, 0.2) is 0 Å². The van der Waals surface area contributed by atoms with Gasteiger partial charge in [0.25, 0.3) is 11.7 Å². The zero-order valence-electron chi connectivity index (χ0n) is 21.8. The maximum Gasteiger partial charge on any atom is 0.295 e. The number of aliphatic hydroxyl groups excluding tert-OH is 1. The van der Waals surface area contributed by atoms with Gasteiger partial charge in [-0.3, -0.25) is 9.59 Å². The van der Waals surface area contributed by atoms with Crippen LogP contribution in [-0.2, 0) is 16.1 Å². The lowest BCUT2D eigenvalue weighted by atomic mass is 9.94. The zero-order valence-corrected chi connectivity index (χ0v) is 23.4. The topological polar surface area (TPSA) is 76.1 Å². The van der Waals surface area contributed by atoms with Crippen molar-refractivity contribution < 1.29 is 24.2 Å². The van der Waals surface area contributed by atoms with Gasteiger partial charge in [-0.2, -0.15) is 0 Å². The second-order valence-electron chi connectivity index (χ2n) is 10.1. The van der Waals surface area contributed by atoms with E-state index in [2.05, 4.69) is 0 Å². The number of halogens is 2. The van der Waals surface area contributed by atoms with Gasteiger partial charge in [-0.25, -0.2) is 0 Å². The molecule has 3 aromatic rings. The van der Waals surface area contributed by atoms with Gasteiger partial charge in [0.05, 0.1) is 35.9 Å². The predicted octanol–water partition coefficient (Wildman–Crippen LogP) is 7.11. The summed E-state index contributed by atoms with van der Waals surface area (Å²) in [7, 11) is 1.40. The standard InChI is InChI=1S/C30H29Cl2NO5/c1-17-9-8-11-18(13-17)25-24(26(34)21-14-20(31)15-22(32)28(21)37-5)27(35)29(36)33(25)16-19-10-6-7-12-23(19)38-30(2,3)4/h6-15,25,34H,16H2,1-5H3/b26-24+. The molecule has 0 spiro atoms. The smallest absolute Gasteiger partial charge is 0.295 e. The molecule has 38 heavy (non-hydrogen) atoms. The number of carbonyl (C=O) groups is 2. The number of methoxy groups -OCH3 is 1. The fourth-order valence-electron chi connectivity index (χ4n) is 4.57. The summed E-state index contributed by atoms with van der Waals surface area (Å²) in [5, 5.41) is 11.9. The maximum atomic E-state index is 13.5. The number of para-hydroxylation sites is 1. The van der Waals surface area contributed by atoms with Crippen molar-refractivity contribution >= 4 is 40.7 Å². The van der Waals surface area contributed by atoms with Crippen LogP contribution < -0.4 is 9.47 Å². The van der Waals surface area contributed by atoms with E-state index >= 15 is 0 Å². The number of likely N-dealkylation sites (tertiary alicyclic amines) is 1. The number of hydrogen-bond donors (Lipinski definition) is 1. The van der Waals surface area contributed by atoms with Gasteiger partial charge in [-0.15, -0.1) is 0 Å². The summed E-state index contributed by atoms with van der Waals surface area (Å²) < 4.78 is 11.5. The molecule has 198 valence electrons. The van der Waals surface area contributed by atoms with Gasteiger partial charge in [0.1, 0.15) is 22.9 Å². The lowest BCUT2D eigenvalue weighted by Crippen LogP contribution is -2.30. The molecular weight excluding hydrogens is 525 g/mol. The molecule has 1 atom stereocenters. The number of rotatable bonds is 6. The van der Waals surface area contributed by atoms with Crippen molar-refractivity contribution in [3.05, 3.63) is 98.5 Å². The van der Waals surface area contributed by atoms with E-state index in [1.54, 1.807) is 0 Å². The Bertz CT molecular complexity index is 1440. The molecule has 1 amide bonds. The number of aryl methyl sites for hydroxylation is 1. The van der Waals surface area contributed by atoms with E-state index in [0.717, 1.165) is 11.1 Å². The molecule has 1 aliphatic rings. The number of ketones is 1. The van der Waals surface area contributed by atoms with Crippen LogP contribution >= 0.6 is 23.2 Å². The molecule has 0 aliphatic carbocycles. The lowest BCUT2D eigenvalue weighted by molar-refractivity contribution is -0.140. The Kier molecular flexibility index (Phi) is 7.77. The highest BCUT2D eigenvalue weighted by Crippen LogP contribution is 2.44. The number of benzene rings is 3. The molecule has 3 aromatic carbocycles. The molecule has 1 aliphatic heterocycles. The minimum atomic E-state index is -0.875. The fourth-order valence-corrected chi connectivity index (χ4v) is 5.14. The molecule has 1 heterocycles. The first kappa shape index (κ1) is 27.6. The van der Waals surface area contributed by atoms with Gasteiger partial charge in [0, 0.05) is 10.6 Å². The highest BCUT2D eigenvalue weighted by molar-refractivity contribution is 6.46. The Hall–Kier alpha value is -3.48. The number of amides is 1. The summed E-state index contributed by atoms with van der Waals surface area (Å²) >= 11 is 12.5. The molecule has 0 saturated carbocycles. The third-order valence-corrected chi connectivity index (χ3v) is 6.59. The SMILES string of the molecule is COc1c(Cl)cc(Cl)cc1/C(O)=C1\C(=O)C(=O)N(Cc2ccccc2OC(C)(C)C)C1c1cccc(C)c1. The van der Waals surface area contributed by atoms with Crippen LogP contribution in [0.15, 0.2) is 66.2 Å². The Morgan fingerprint density at radius 3 is 2.39 bits per heavy atom. The van der Waals surface area contributed by atoms with E-state index in [4.69, 9.17) is 32.7 Å². The van der Waals surface area contributed by atoms with Crippen molar-refractivity contribution in [2.45, 2.75) is 45.9 Å². The molecule has 0 bridgehead atoms. The molecule has 0 aromatic heterocycles. The number of aliphatic hydroxyl groups is 1. The van der Waals surface area contributed by atoms with E-state index in [1.807, 2.05) is 76.2 Å². The number of nitrogens with zero attached hydrogens (tertiary/aromatic N) is 1. The van der Waals surface area contributed by atoms with Crippen LogP contribution in [0, 0.1) is 6.92 Å². The zero-order chi connectivity index (χ0) is 27.8. The van der Waals surface area contributed by atoms with Crippen molar-refractivity contribution in [2.24, 2.45) is 0 Å². The summed E-state index contributed by atoms with van der Waals surface area (Å²) in [6, 6.07) is 16.9. The monoisotopic (exact) mass is 553 g/mol. The minimum Gasteiger partial charge on any atom is -0.507 e. The van der Waals surface area contributed by atoms with Crippen LogP contribution in [0.4, 0.5) is 0 Å². The largest absolute Gasteiger partial charge is 0.507 e. The van der Waals surface area contributed by atoms with Crippen molar-refractivity contribution in [2.75, 3.05) is 7.11 Å². The number of Topliss-reactive ketones (excluding diaryl/α,β-unsaturated/α-hetero) is 1. The van der Waals surface area contributed by atoms with Gasteiger partial charge in [0.2, 0.25) is 0 Å². The fraction of sp³-hybridized carbons (Fsp3) is 0.267. The molecule has 1 fully saturated rings. The summed E-state index contributed by atoms with van der Waals surface area (Å²) in [5.74, 6) is -1.23. The van der Waals surface area contributed by atoms with E-state index in [9.17, 15) is 14.7 Å². The first-order valence-electron chi connectivity index (χ1n) is 12.1. The second-order valence-corrected chi connectivity index (χ2v) is 11.0. The first-order chi connectivity index (χ1) is 17.9. The highest BCUT2D eigenvalue weighted by Gasteiger charge is 2.46. The van der Waals surface area contributed by atoms with Crippen LogP contribution in [-0.4, -0.2) is 34.4 Å². The van der Waals surface area contributed by atoms with E-state index in [0.29, 0.717) is 11.3 Å². The first-order valence-corrected chi connectivity index (χ1v) is 12.8. The average Bonchev–Trinajstić information content (AvgIpc) is 3.08. The van der Waals surface area contributed by atoms with Gasteiger partial charge in [-0.05, 0) is 51.5 Å². The Morgan fingerprint density at radius 1 is 1.03 bits per heavy atom. The van der Waals surface area contributed by atoms with Crippen molar-refractivity contribution in [3.63, 3.8) is 0 Å². The Morgan fingerprint density at radius 2 is 1.74 bits per heavy atom. The third kappa shape index (κ3) is 5.52. The second kappa shape index (κ2) is 10.7. The Labute approximate surface area is 232 Å². The predicted molar refractivity (Wildman–Crippen MR) is 149 cm³/mol. The van der Waals surface area contributed by atoms with Crippen LogP contribution in [0.25, 0.3) is 5.76 Å². The number of hydrogen-bond acceptors (Lipinski definition) is 5. The van der Waals surface area contributed by atoms with Crippen molar-refractivity contribution in [3.8, 4) is 11.5 Å². The molecule has 0 radical (unpaired) electrons. The van der Waals surface area contributed by atoms with Crippen LogP contribution in [0.2, 0.25) is 10.0 Å². The van der Waals surface area contributed by atoms with Crippen molar-refractivity contribution in [1.29, 1.82) is 0 Å². The normalized spacial score (nSPS) is 17.1. The maximum absolute atomic E-state index is 13.5. The molecule has 1 N–H and O–H groups in total. The third-order valence-electron chi connectivity index (χ3n) is 6.09. The molecule has 4 rings (SSSR count). The quantitative estimate of drug-likeness (QED) is 0.200. The minimum absolute atomic E-state index is 0.0774. The van der Waals surface area contributed by atoms with Crippen LogP contribution in [0.5, 0.6) is 11.5 Å². The number of carbonyl (C=O) groups excluding carboxylic acids is 2. The molecular formula is C30H29Cl2NO5. The van der Waals surface area contributed by atoms with Crippen LogP contribution in [0.1, 0.15) is 49.1 Å². The molecule has 6 nitrogen and oxygen atoms in total. The molecule has 1 unspecified atom stereocenters. The Balaban J connectivity index is 1.91. The molecule has 8 heteroatoms. The lowest BCUT2D eigenvalue weighted by Gasteiger charge is -2.28. The van der Waals surface area contributed by atoms with Gasteiger partial charge in [-0.1, -0.05) is 71.2 Å². The summed E-state index contributed by atoms with van der Waals surface area (Å²) in [6.45, 7) is 7.81. The summed E-state index contributed by atoms with van der Waals surface area (Å²) in [5.41, 5.74) is 1.91. The van der Waals surface area contributed by atoms with Crippen molar-refractivity contribution in [1.82, 2.24) is 4.90 Å². The summed E-state index contributed by atoms with van der Waals surface area (Å²) in [6.07, 6.45) is 0. The van der Waals surface area contributed by atoms with E-state index < -0.39 is 29.1 Å². The summed E-state index contributed by atoms with van der Waals surface area (Å²) in [4.78, 5) is 28.5. The van der Waals surface area contributed by atoms with E-state index in [-0.39, 0.29) is 33.5 Å². The van der Waals surface area contributed by atoms with Gasteiger partial charge >= 0.3 is 0 Å². The highest BCUT2D eigenvalue weighted by atomic mass is 35.5.